The lowest BCUT2D eigenvalue weighted by molar-refractivity contribution is -0.132. The number of halogens is 1. The largest absolute Gasteiger partial charge is 0.478 e. The molecule has 0 atom stereocenters. The van der Waals surface area contributed by atoms with Crippen molar-refractivity contribution in [3.63, 3.8) is 0 Å². The number of aliphatic carboxylic acids is 1. The topological polar surface area (TPSA) is 105 Å². The summed E-state index contributed by atoms with van der Waals surface area (Å²) in [4.78, 5) is 15.8. The number of aliphatic hydroxyl groups excluding tert-OH is 1. The van der Waals surface area contributed by atoms with Crippen LogP contribution >= 0.6 is 11.6 Å². The Morgan fingerprint density at radius 1 is 1.12 bits per heavy atom. The van der Waals surface area contributed by atoms with E-state index < -0.39 is 15.8 Å². The summed E-state index contributed by atoms with van der Waals surface area (Å²) in [5.41, 5.74) is 1.36. The van der Waals surface area contributed by atoms with Crippen LogP contribution in [0.1, 0.15) is 17.5 Å². The first-order valence-corrected chi connectivity index (χ1v) is 9.50. The normalized spacial score (nSPS) is 12.6. The average molecular weight is 382 g/mol. The molecule has 2 rings (SSSR count). The first-order chi connectivity index (χ1) is 11.7. The summed E-state index contributed by atoms with van der Waals surface area (Å²) >= 11 is 5.79. The highest BCUT2D eigenvalue weighted by atomic mass is 35.5. The summed E-state index contributed by atoms with van der Waals surface area (Å²) in [6, 6.07) is 9.02. The summed E-state index contributed by atoms with van der Waals surface area (Å²) < 4.78 is 23.2. The van der Waals surface area contributed by atoms with Gasteiger partial charge in [0, 0.05) is 42.2 Å². The van der Waals surface area contributed by atoms with E-state index in [9.17, 15) is 23.4 Å². The second kappa shape index (κ2) is 7.77. The standard InChI is InChI=1S/C17H16ClNO5S/c1-25(23,24)13-5-2-11(3-6-13)16(14(8-9-20)17(21)22)12-4-7-15(18)19-10-12/h2-7,10,20H,8-9H2,1H3,(H,21,22). The van der Waals surface area contributed by atoms with Crippen molar-refractivity contribution in [3.05, 3.63) is 64.4 Å². The molecule has 0 saturated carbocycles. The van der Waals surface area contributed by atoms with Crippen molar-refractivity contribution in [1.82, 2.24) is 4.98 Å². The van der Waals surface area contributed by atoms with E-state index in [4.69, 9.17) is 11.6 Å². The molecule has 0 fully saturated rings. The summed E-state index contributed by atoms with van der Waals surface area (Å²) in [6.07, 6.45) is 2.46. The third kappa shape index (κ3) is 4.66. The number of carboxylic acids is 1. The van der Waals surface area contributed by atoms with Crippen molar-refractivity contribution in [2.45, 2.75) is 11.3 Å². The minimum Gasteiger partial charge on any atom is -0.478 e. The van der Waals surface area contributed by atoms with E-state index in [1.54, 1.807) is 6.07 Å². The van der Waals surface area contributed by atoms with E-state index in [2.05, 4.69) is 4.98 Å². The van der Waals surface area contributed by atoms with Gasteiger partial charge in [0.1, 0.15) is 5.15 Å². The van der Waals surface area contributed by atoms with E-state index in [-0.39, 0.29) is 28.6 Å². The number of hydrogen-bond donors (Lipinski definition) is 2. The first kappa shape index (κ1) is 19.1. The van der Waals surface area contributed by atoms with Gasteiger partial charge in [-0.2, -0.15) is 0 Å². The smallest absolute Gasteiger partial charge is 0.332 e. The Kier molecular flexibility index (Phi) is 5.94. The zero-order chi connectivity index (χ0) is 18.6. The molecule has 2 aromatic rings. The minimum absolute atomic E-state index is 0.00118. The molecule has 1 aromatic heterocycles. The number of rotatable bonds is 6. The molecule has 1 heterocycles. The molecule has 8 heteroatoms. The fourth-order valence-corrected chi connectivity index (χ4v) is 3.10. The van der Waals surface area contributed by atoms with Gasteiger partial charge in [-0.05, 0) is 29.8 Å². The molecule has 6 nitrogen and oxygen atoms in total. The van der Waals surface area contributed by atoms with Crippen molar-refractivity contribution in [3.8, 4) is 0 Å². The van der Waals surface area contributed by atoms with Crippen molar-refractivity contribution in [1.29, 1.82) is 0 Å². The molecule has 0 aliphatic heterocycles. The fraction of sp³-hybridized carbons (Fsp3) is 0.176. The summed E-state index contributed by atoms with van der Waals surface area (Å²) in [5, 5.41) is 19.0. The average Bonchev–Trinajstić information content (AvgIpc) is 2.55. The van der Waals surface area contributed by atoms with Gasteiger partial charge in [0.25, 0.3) is 0 Å². The van der Waals surface area contributed by atoms with Crippen LogP contribution in [-0.4, -0.2) is 42.4 Å². The number of hydrogen-bond acceptors (Lipinski definition) is 5. The quantitative estimate of drug-likeness (QED) is 0.588. The van der Waals surface area contributed by atoms with Crippen LogP contribution in [0.4, 0.5) is 0 Å². The van der Waals surface area contributed by atoms with E-state index in [0.717, 1.165) is 6.26 Å². The second-order valence-corrected chi connectivity index (χ2v) is 7.70. The van der Waals surface area contributed by atoms with E-state index >= 15 is 0 Å². The van der Waals surface area contributed by atoms with Crippen LogP contribution in [0.15, 0.2) is 53.1 Å². The molecular weight excluding hydrogens is 366 g/mol. The monoisotopic (exact) mass is 381 g/mol. The maximum Gasteiger partial charge on any atom is 0.332 e. The van der Waals surface area contributed by atoms with Gasteiger partial charge in [0.05, 0.1) is 4.90 Å². The molecule has 25 heavy (non-hydrogen) atoms. The highest BCUT2D eigenvalue weighted by Crippen LogP contribution is 2.29. The molecule has 132 valence electrons. The summed E-state index contributed by atoms with van der Waals surface area (Å²) in [5.74, 6) is -1.17. The van der Waals surface area contributed by atoms with Gasteiger partial charge in [-0.25, -0.2) is 18.2 Å². The molecular formula is C17H16ClNO5S. The van der Waals surface area contributed by atoms with Crippen molar-refractivity contribution < 1.29 is 23.4 Å². The Bertz CT molecular complexity index is 903. The molecule has 0 amide bonds. The van der Waals surface area contributed by atoms with E-state index in [1.165, 1.54) is 36.5 Å². The first-order valence-electron chi connectivity index (χ1n) is 7.23. The van der Waals surface area contributed by atoms with Crippen LogP contribution in [-0.2, 0) is 14.6 Å². The molecule has 0 aliphatic carbocycles. The lowest BCUT2D eigenvalue weighted by atomic mass is 9.92. The lowest BCUT2D eigenvalue weighted by Crippen LogP contribution is -2.08. The van der Waals surface area contributed by atoms with Gasteiger partial charge < -0.3 is 10.2 Å². The number of aromatic nitrogens is 1. The second-order valence-electron chi connectivity index (χ2n) is 5.30. The van der Waals surface area contributed by atoms with Gasteiger partial charge in [0.15, 0.2) is 9.84 Å². The zero-order valence-corrected chi connectivity index (χ0v) is 14.9. The van der Waals surface area contributed by atoms with Gasteiger partial charge in [-0.3, -0.25) is 0 Å². The van der Waals surface area contributed by atoms with Crippen molar-refractivity contribution in [2.24, 2.45) is 0 Å². The highest BCUT2D eigenvalue weighted by molar-refractivity contribution is 7.90. The third-order valence-corrected chi connectivity index (χ3v) is 4.86. The molecule has 0 aliphatic rings. The fourth-order valence-electron chi connectivity index (χ4n) is 2.36. The summed E-state index contributed by atoms with van der Waals surface area (Å²) in [7, 11) is -3.36. The van der Waals surface area contributed by atoms with Crippen LogP contribution < -0.4 is 0 Å². The maximum atomic E-state index is 11.7. The minimum atomic E-state index is -3.36. The SMILES string of the molecule is CS(=O)(=O)c1ccc(C(=C(CCO)C(=O)O)c2ccc(Cl)nc2)cc1. The molecule has 0 spiro atoms. The Labute approximate surface area is 150 Å². The van der Waals surface area contributed by atoms with Crippen LogP contribution in [0.5, 0.6) is 0 Å². The predicted octanol–water partition coefficient (Wildman–Crippen LogP) is 2.41. The number of carboxylic acid groups (broad SMARTS) is 1. The Morgan fingerprint density at radius 2 is 1.72 bits per heavy atom. The predicted molar refractivity (Wildman–Crippen MR) is 94.2 cm³/mol. The number of sulfone groups is 1. The van der Waals surface area contributed by atoms with Crippen LogP contribution in [0.25, 0.3) is 5.57 Å². The Morgan fingerprint density at radius 3 is 2.16 bits per heavy atom. The molecule has 0 unspecified atom stereocenters. The Balaban J connectivity index is 2.68. The highest BCUT2D eigenvalue weighted by Gasteiger charge is 2.18. The van der Waals surface area contributed by atoms with Gasteiger partial charge in [0.2, 0.25) is 0 Å². The zero-order valence-electron chi connectivity index (χ0n) is 13.3. The maximum absolute atomic E-state index is 11.7. The lowest BCUT2D eigenvalue weighted by Gasteiger charge is -2.13. The van der Waals surface area contributed by atoms with Gasteiger partial charge in [-0.1, -0.05) is 23.7 Å². The number of aliphatic hydroxyl groups is 1. The number of nitrogens with zero attached hydrogens (tertiary/aromatic N) is 1. The van der Waals surface area contributed by atoms with Crippen LogP contribution in [0.2, 0.25) is 5.15 Å². The molecule has 0 bridgehead atoms. The number of pyridine rings is 1. The Hall–Kier alpha value is -2.22. The third-order valence-electron chi connectivity index (χ3n) is 3.51. The number of carbonyl (C=O) groups is 1. The van der Waals surface area contributed by atoms with Crippen molar-refractivity contribution in [2.75, 3.05) is 12.9 Å². The summed E-state index contributed by atoms with van der Waals surface area (Å²) in [6.45, 7) is -0.340. The van der Waals surface area contributed by atoms with Crippen LogP contribution in [0, 0.1) is 0 Å². The van der Waals surface area contributed by atoms with E-state index in [0.29, 0.717) is 16.7 Å². The molecule has 0 radical (unpaired) electrons. The van der Waals surface area contributed by atoms with Gasteiger partial charge in [-0.15, -0.1) is 0 Å². The van der Waals surface area contributed by atoms with Crippen LogP contribution in [0.3, 0.4) is 0 Å². The van der Waals surface area contributed by atoms with Gasteiger partial charge >= 0.3 is 5.97 Å². The molecule has 0 saturated heterocycles. The number of benzene rings is 1. The van der Waals surface area contributed by atoms with Crippen molar-refractivity contribution >= 4 is 33.0 Å². The molecule has 2 N–H and O–H groups in total. The molecule has 1 aromatic carbocycles. The van der Waals surface area contributed by atoms with E-state index in [1.807, 2.05) is 0 Å².